The summed E-state index contributed by atoms with van der Waals surface area (Å²) in [4.78, 5) is 30.0. The lowest BCUT2D eigenvalue weighted by Crippen LogP contribution is -2.51. The van der Waals surface area contributed by atoms with Gasteiger partial charge in [0.15, 0.2) is 4.87 Å². The van der Waals surface area contributed by atoms with E-state index in [1.54, 1.807) is 23.0 Å². The van der Waals surface area contributed by atoms with Crippen molar-refractivity contribution in [2.45, 2.75) is 25.3 Å². The third-order valence-electron chi connectivity index (χ3n) is 6.49. The lowest BCUT2D eigenvalue weighted by molar-refractivity contribution is -0.123. The van der Waals surface area contributed by atoms with Gasteiger partial charge in [0.25, 0.3) is 5.91 Å². The summed E-state index contributed by atoms with van der Waals surface area (Å²) in [5, 5.41) is 3.53. The van der Waals surface area contributed by atoms with Gasteiger partial charge in [0.2, 0.25) is 0 Å². The highest BCUT2D eigenvalue weighted by molar-refractivity contribution is 8.01. The Kier molecular flexibility index (Phi) is 6.15. The van der Waals surface area contributed by atoms with E-state index in [1.165, 1.54) is 11.8 Å². The molecule has 1 atom stereocenters. The predicted octanol–water partition coefficient (Wildman–Crippen LogP) is 5.95. The van der Waals surface area contributed by atoms with E-state index in [0.717, 1.165) is 33.7 Å². The molecule has 1 N–H and O–H groups in total. The van der Waals surface area contributed by atoms with Gasteiger partial charge < -0.3 is 15.0 Å². The standard InChI is InChI=1S/C27H26ClN3O3S/c1-17-7-10-24-22(13-17)27(25(32)30(24)16-19-5-4-6-21(14-19)34-3)31(11-12-35-27)26(33)29-20-9-8-18(2)23(28)15-20/h4-10,13-15H,11-12,16H2,1-3H3,(H,29,33)/t27-/m0/s1. The van der Waals surface area contributed by atoms with Crippen molar-refractivity contribution < 1.29 is 14.3 Å². The van der Waals surface area contributed by atoms with Crippen molar-refractivity contribution in [2.24, 2.45) is 0 Å². The molecule has 5 rings (SSSR count). The molecule has 1 saturated heterocycles. The second-order valence-electron chi connectivity index (χ2n) is 8.80. The molecule has 3 aromatic carbocycles. The highest BCUT2D eigenvalue weighted by Crippen LogP contribution is 2.54. The van der Waals surface area contributed by atoms with Gasteiger partial charge in [-0.25, -0.2) is 4.79 Å². The second-order valence-corrected chi connectivity index (χ2v) is 10.5. The lowest BCUT2D eigenvalue weighted by atomic mass is 10.0. The zero-order valence-corrected chi connectivity index (χ0v) is 21.4. The van der Waals surface area contributed by atoms with Crippen LogP contribution in [0.15, 0.2) is 60.7 Å². The molecule has 0 aliphatic carbocycles. The van der Waals surface area contributed by atoms with E-state index in [0.29, 0.717) is 29.6 Å². The number of methoxy groups -OCH3 is 1. The van der Waals surface area contributed by atoms with Crippen LogP contribution in [0.3, 0.4) is 0 Å². The highest BCUT2D eigenvalue weighted by atomic mass is 35.5. The number of ether oxygens (including phenoxy) is 1. The van der Waals surface area contributed by atoms with Crippen LogP contribution in [0.4, 0.5) is 16.2 Å². The molecule has 0 aromatic heterocycles. The molecule has 2 aliphatic rings. The Balaban J connectivity index is 1.52. The number of nitrogens with zero attached hydrogens (tertiary/aromatic N) is 2. The third kappa shape index (κ3) is 4.02. The molecule has 3 amide bonds. The van der Waals surface area contributed by atoms with Gasteiger partial charge >= 0.3 is 6.03 Å². The largest absolute Gasteiger partial charge is 0.497 e. The average Bonchev–Trinajstić information content (AvgIpc) is 3.39. The van der Waals surface area contributed by atoms with Gasteiger partial charge in [-0.3, -0.25) is 9.69 Å². The van der Waals surface area contributed by atoms with E-state index in [2.05, 4.69) is 5.32 Å². The van der Waals surface area contributed by atoms with Gasteiger partial charge in [-0.2, -0.15) is 0 Å². The molecule has 1 spiro atoms. The summed E-state index contributed by atoms with van der Waals surface area (Å²) in [5.41, 5.74) is 5.20. The van der Waals surface area contributed by atoms with Crippen molar-refractivity contribution in [3.8, 4) is 5.75 Å². The minimum absolute atomic E-state index is 0.111. The molecule has 1 fully saturated rings. The number of anilines is 2. The molecule has 180 valence electrons. The summed E-state index contributed by atoms with van der Waals surface area (Å²) in [6, 6.07) is 18.8. The number of carbonyl (C=O) groups excluding carboxylic acids is 2. The lowest BCUT2D eigenvalue weighted by Gasteiger charge is -2.33. The number of hydrogen-bond donors (Lipinski definition) is 1. The molecule has 35 heavy (non-hydrogen) atoms. The van der Waals surface area contributed by atoms with Crippen LogP contribution in [-0.4, -0.2) is 36.2 Å². The number of carbonyl (C=O) groups is 2. The SMILES string of the molecule is COc1cccc(CN2C(=O)[C@@]3(SCCN3C(=O)Nc3ccc(C)c(Cl)c3)c3cc(C)ccc32)c1. The fourth-order valence-corrected chi connectivity index (χ4v) is 6.33. The maximum atomic E-state index is 14.2. The highest BCUT2D eigenvalue weighted by Gasteiger charge is 2.59. The van der Waals surface area contributed by atoms with Crippen LogP contribution in [0.2, 0.25) is 5.02 Å². The number of aryl methyl sites for hydroxylation is 2. The molecule has 3 aromatic rings. The molecular weight excluding hydrogens is 482 g/mol. The summed E-state index contributed by atoms with van der Waals surface area (Å²) in [6.45, 7) is 4.76. The van der Waals surface area contributed by atoms with E-state index in [4.69, 9.17) is 16.3 Å². The number of rotatable bonds is 4. The predicted molar refractivity (Wildman–Crippen MR) is 141 cm³/mol. The molecule has 6 nitrogen and oxygen atoms in total. The minimum Gasteiger partial charge on any atom is -0.497 e. The summed E-state index contributed by atoms with van der Waals surface area (Å²) in [6.07, 6.45) is 0. The Morgan fingerprint density at radius 2 is 1.97 bits per heavy atom. The summed E-state index contributed by atoms with van der Waals surface area (Å²) in [7, 11) is 1.63. The molecule has 0 unspecified atom stereocenters. The number of halogens is 1. The number of urea groups is 1. The van der Waals surface area contributed by atoms with E-state index >= 15 is 0 Å². The van der Waals surface area contributed by atoms with Gasteiger partial charge in [-0.1, -0.05) is 47.5 Å². The summed E-state index contributed by atoms with van der Waals surface area (Å²) in [5.74, 6) is 1.29. The number of benzene rings is 3. The fraction of sp³-hybridized carbons (Fsp3) is 0.259. The van der Waals surface area contributed by atoms with Crippen molar-refractivity contribution in [3.05, 3.63) is 87.9 Å². The number of hydrogen-bond acceptors (Lipinski definition) is 4. The molecular formula is C27H26ClN3O3S. The van der Waals surface area contributed by atoms with Crippen LogP contribution in [-0.2, 0) is 16.2 Å². The normalized spacial score (nSPS) is 18.8. The molecule has 8 heteroatoms. The number of amides is 3. The molecule has 0 saturated carbocycles. The van der Waals surface area contributed by atoms with Crippen LogP contribution in [0.1, 0.15) is 22.3 Å². The van der Waals surface area contributed by atoms with Crippen molar-refractivity contribution in [2.75, 3.05) is 29.6 Å². The molecule has 0 bridgehead atoms. The maximum Gasteiger partial charge on any atom is 0.323 e. The van der Waals surface area contributed by atoms with Crippen molar-refractivity contribution >= 4 is 46.7 Å². The van der Waals surface area contributed by atoms with Crippen molar-refractivity contribution in [1.82, 2.24) is 4.90 Å². The second kappa shape index (κ2) is 9.13. The first-order valence-electron chi connectivity index (χ1n) is 11.4. The molecule has 0 radical (unpaired) electrons. The van der Waals surface area contributed by atoms with Crippen molar-refractivity contribution in [3.63, 3.8) is 0 Å². The Bertz CT molecular complexity index is 1330. The van der Waals surface area contributed by atoms with E-state index < -0.39 is 4.87 Å². The average molecular weight is 508 g/mol. The molecule has 2 heterocycles. The third-order valence-corrected chi connectivity index (χ3v) is 8.32. The fourth-order valence-electron chi connectivity index (χ4n) is 4.70. The van der Waals surface area contributed by atoms with Crippen LogP contribution in [0.5, 0.6) is 5.75 Å². The number of fused-ring (bicyclic) bond motifs is 2. The Hall–Kier alpha value is -3.16. The van der Waals surface area contributed by atoms with Gasteiger partial charge in [0, 0.05) is 28.6 Å². The zero-order chi connectivity index (χ0) is 24.7. The monoisotopic (exact) mass is 507 g/mol. The summed E-state index contributed by atoms with van der Waals surface area (Å²) >= 11 is 7.77. The minimum atomic E-state index is -1.11. The first kappa shape index (κ1) is 23.6. The van der Waals surface area contributed by atoms with Crippen LogP contribution in [0.25, 0.3) is 0 Å². The smallest absolute Gasteiger partial charge is 0.323 e. The summed E-state index contributed by atoms with van der Waals surface area (Å²) < 4.78 is 5.37. The molecule has 2 aliphatic heterocycles. The van der Waals surface area contributed by atoms with Crippen molar-refractivity contribution in [1.29, 1.82) is 0 Å². The Morgan fingerprint density at radius 3 is 2.74 bits per heavy atom. The van der Waals surface area contributed by atoms with Gasteiger partial charge in [0.05, 0.1) is 19.3 Å². The first-order valence-corrected chi connectivity index (χ1v) is 12.7. The van der Waals surface area contributed by atoms with Gasteiger partial charge in [-0.05, 0) is 55.3 Å². The zero-order valence-electron chi connectivity index (χ0n) is 19.8. The van der Waals surface area contributed by atoms with E-state index in [-0.39, 0.29) is 11.9 Å². The maximum absolute atomic E-state index is 14.2. The van der Waals surface area contributed by atoms with Gasteiger partial charge in [-0.15, -0.1) is 11.8 Å². The first-order chi connectivity index (χ1) is 16.8. The number of thioether (sulfide) groups is 1. The van der Waals surface area contributed by atoms with Crippen LogP contribution >= 0.6 is 23.4 Å². The van der Waals surface area contributed by atoms with Gasteiger partial charge in [0.1, 0.15) is 5.75 Å². The Labute approximate surface area is 214 Å². The topological polar surface area (TPSA) is 61.9 Å². The van der Waals surface area contributed by atoms with Crippen LogP contribution < -0.4 is 15.0 Å². The van der Waals surface area contributed by atoms with Crippen LogP contribution in [0, 0.1) is 13.8 Å². The number of nitrogens with one attached hydrogen (secondary N) is 1. The Morgan fingerprint density at radius 1 is 1.14 bits per heavy atom. The van der Waals surface area contributed by atoms with E-state index in [9.17, 15) is 9.59 Å². The quantitative estimate of drug-likeness (QED) is 0.474. The van der Waals surface area contributed by atoms with E-state index in [1.807, 2.05) is 68.4 Å².